The van der Waals surface area contributed by atoms with Crippen molar-refractivity contribution in [3.8, 4) is 17.9 Å². The van der Waals surface area contributed by atoms with Gasteiger partial charge < -0.3 is 10.0 Å². The third-order valence-electron chi connectivity index (χ3n) is 3.02. The lowest BCUT2D eigenvalue weighted by atomic mass is 10.0. The first-order valence-corrected chi connectivity index (χ1v) is 6.92. The van der Waals surface area contributed by atoms with Crippen LogP contribution in [0, 0.1) is 36.0 Å². The van der Waals surface area contributed by atoms with E-state index in [1.807, 2.05) is 26.0 Å². The first-order valence-electron chi connectivity index (χ1n) is 6.92. The highest BCUT2D eigenvalue weighted by atomic mass is 16.2. The van der Waals surface area contributed by atoms with E-state index >= 15 is 0 Å². The van der Waals surface area contributed by atoms with Crippen molar-refractivity contribution in [3.05, 3.63) is 34.9 Å². The summed E-state index contributed by atoms with van der Waals surface area (Å²) in [7, 11) is 0. The Morgan fingerprint density at radius 2 is 2.14 bits per heavy atom. The fraction of sp³-hybridized carbons (Fsp3) is 0.412. The quantitative estimate of drug-likeness (QED) is 0.860. The molecule has 0 fully saturated rings. The summed E-state index contributed by atoms with van der Waals surface area (Å²) < 4.78 is 0. The Kier molecular flexibility index (Phi) is 6.46. The lowest BCUT2D eigenvalue weighted by Crippen LogP contribution is -2.34. The maximum Gasteiger partial charge on any atom is 0.253 e. The van der Waals surface area contributed by atoms with Crippen LogP contribution in [0.4, 0.5) is 0 Å². The minimum absolute atomic E-state index is 0.102. The van der Waals surface area contributed by atoms with Gasteiger partial charge in [-0.25, -0.2) is 0 Å². The van der Waals surface area contributed by atoms with E-state index < -0.39 is 0 Å². The van der Waals surface area contributed by atoms with Crippen LogP contribution in [-0.4, -0.2) is 35.6 Å². The number of hydrogen-bond acceptors (Lipinski definition) is 3. The second-order valence-corrected chi connectivity index (χ2v) is 4.92. The van der Waals surface area contributed by atoms with Crippen molar-refractivity contribution in [1.29, 1.82) is 5.26 Å². The molecule has 0 aliphatic carbocycles. The standard InChI is InChI=1S/C17H20N2O2/c1-4-19(12-14(3)11-18)17(21)16-9-13(2)8-15(10-16)6-5-7-20/h8-10,14,20H,4,7,12H2,1-3H3. The average Bonchev–Trinajstić information content (AvgIpc) is 2.49. The van der Waals surface area contributed by atoms with Gasteiger partial charge in [0.15, 0.2) is 0 Å². The number of aliphatic hydroxyl groups is 1. The van der Waals surface area contributed by atoms with Crippen LogP contribution in [0.15, 0.2) is 18.2 Å². The van der Waals surface area contributed by atoms with Crippen LogP contribution in [0.1, 0.15) is 35.3 Å². The molecule has 0 saturated heterocycles. The van der Waals surface area contributed by atoms with Gasteiger partial charge in [-0.15, -0.1) is 0 Å². The lowest BCUT2D eigenvalue weighted by molar-refractivity contribution is 0.0752. The Hall–Kier alpha value is -2.30. The molecule has 0 aliphatic heterocycles. The number of aliphatic hydroxyl groups excluding tert-OH is 1. The molecule has 4 heteroatoms. The Labute approximate surface area is 126 Å². The van der Waals surface area contributed by atoms with Crippen molar-refractivity contribution in [3.63, 3.8) is 0 Å². The summed E-state index contributed by atoms with van der Waals surface area (Å²) in [4.78, 5) is 14.2. The molecule has 4 nitrogen and oxygen atoms in total. The predicted octanol–water partition coefficient (Wildman–Crippen LogP) is 1.96. The molecule has 0 radical (unpaired) electrons. The molecular formula is C17H20N2O2. The van der Waals surface area contributed by atoms with Crippen molar-refractivity contribution in [1.82, 2.24) is 4.90 Å². The van der Waals surface area contributed by atoms with E-state index in [1.165, 1.54) is 0 Å². The summed E-state index contributed by atoms with van der Waals surface area (Å²) in [5, 5.41) is 17.6. The van der Waals surface area contributed by atoms with E-state index in [4.69, 9.17) is 10.4 Å². The molecule has 1 aromatic carbocycles. The largest absolute Gasteiger partial charge is 0.384 e. The second kappa shape index (κ2) is 8.09. The average molecular weight is 284 g/mol. The molecule has 0 saturated carbocycles. The first kappa shape index (κ1) is 16.8. The molecular weight excluding hydrogens is 264 g/mol. The number of amides is 1. The minimum Gasteiger partial charge on any atom is -0.384 e. The van der Waals surface area contributed by atoms with Gasteiger partial charge in [-0.2, -0.15) is 5.26 Å². The molecule has 1 rings (SSSR count). The molecule has 1 aromatic rings. The van der Waals surface area contributed by atoms with Gasteiger partial charge in [0.1, 0.15) is 6.61 Å². The summed E-state index contributed by atoms with van der Waals surface area (Å²) in [6, 6.07) is 7.54. The van der Waals surface area contributed by atoms with Crippen LogP contribution in [-0.2, 0) is 0 Å². The molecule has 0 aliphatic rings. The van der Waals surface area contributed by atoms with E-state index in [0.29, 0.717) is 24.2 Å². The van der Waals surface area contributed by atoms with E-state index in [1.54, 1.807) is 17.9 Å². The Morgan fingerprint density at radius 3 is 2.71 bits per heavy atom. The molecule has 1 N–H and O–H groups in total. The van der Waals surface area contributed by atoms with Crippen molar-refractivity contribution < 1.29 is 9.90 Å². The van der Waals surface area contributed by atoms with Gasteiger partial charge >= 0.3 is 0 Å². The lowest BCUT2D eigenvalue weighted by Gasteiger charge is -2.22. The first-order chi connectivity index (χ1) is 10.0. The van der Waals surface area contributed by atoms with E-state index in [0.717, 1.165) is 5.56 Å². The van der Waals surface area contributed by atoms with Gasteiger partial charge in [0.25, 0.3) is 5.91 Å². The summed E-state index contributed by atoms with van der Waals surface area (Å²) in [5.41, 5.74) is 2.20. The van der Waals surface area contributed by atoms with Crippen LogP contribution in [0.2, 0.25) is 0 Å². The molecule has 21 heavy (non-hydrogen) atoms. The molecule has 0 spiro atoms. The van der Waals surface area contributed by atoms with Gasteiger partial charge in [0.2, 0.25) is 0 Å². The number of carbonyl (C=O) groups excluding carboxylic acids is 1. The minimum atomic E-state index is -0.210. The number of rotatable bonds is 4. The fourth-order valence-electron chi connectivity index (χ4n) is 2.03. The van der Waals surface area contributed by atoms with Crippen LogP contribution < -0.4 is 0 Å². The number of hydrogen-bond donors (Lipinski definition) is 1. The smallest absolute Gasteiger partial charge is 0.253 e. The maximum absolute atomic E-state index is 12.5. The normalized spacial score (nSPS) is 11.0. The molecule has 110 valence electrons. The number of nitrogens with zero attached hydrogens (tertiary/aromatic N) is 2. The zero-order chi connectivity index (χ0) is 15.8. The zero-order valence-corrected chi connectivity index (χ0v) is 12.7. The summed E-state index contributed by atoms with van der Waals surface area (Å²) in [6.45, 7) is 6.34. The van der Waals surface area contributed by atoms with Gasteiger partial charge in [-0.3, -0.25) is 4.79 Å². The van der Waals surface area contributed by atoms with Gasteiger partial charge in [0.05, 0.1) is 12.0 Å². The summed E-state index contributed by atoms with van der Waals surface area (Å²) in [6.07, 6.45) is 0. The van der Waals surface area contributed by atoms with Crippen LogP contribution >= 0.6 is 0 Å². The van der Waals surface area contributed by atoms with Gasteiger partial charge in [0, 0.05) is 24.2 Å². The fourth-order valence-corrected chi connectivity index (χ4v) is 2.03. The second-order valence-electron chi connectivity index (χ2n) is 4.92. The number of carbonyl (C=O) groups is 1. The monoisotopic (exact) mass is 284 g/mol. The zero-order valence-electron chi connectivity index (χ0n) is 12.7. The third kappa shape index (κ3) is 4.95. The predicted molar refractivity (Wildman–Crippen MR) is 81.5 cm³/mol. The molecule has 0 bridgehead atoms. The number of benzene rings is 1. The molecule has 0 heterocycles. The van der Waals surface area contributed by atoms with Crippen LogP contribution in [0.5, 0.6) is 0 Å². The SMILES string of the molecule is CCN(CC(C)C#N)C(=O)c1cc(C)cc(C#CCO)c1. The van der Waals surface area contributed by atoms with E-state index in [-0.39, 0.29) is 18.4 Å². The Morgan fingerprint density at radius 1 is 1.43 bits per heavy atom. The molecule has 0 aromatic heterocycles. The summed E-state index contributed by atoms with van der Waals surface area (Å²) >= 11 is 0. The third-order valence-corrected chi connectivity index (χ3v) is 3.02. The van der Waals surface area contributed by atoms with Crippen molar-refractivity contribution in [2.24, 2.45) is 5.92 Å². The molecule has 1 unspecified atom stereocenters. The summed E-state index contributed by atoms with van der Waals surface area (Å²) in [5.74, 6) is 5.09. The van der Waals surface area contributed by atoms with Crippen molar-refractivity contribution in [2.75, 3.05) is 19.7 Å². The highest BCUT2D eigenvalue weighted by Crippen LogP contribution is 2.13. The highest BCUT2D eigenvalue weighted by molar-refractivity contribution is 5.94. The highest BCUT2D eigenvalue weighted by Gasteiger charge is 2.17. The van der Waals surface area contributed by atoms with Gasteiger partial charge in [-0.05, 0) is 44.5 Å². The number of aryl methyl sites for hydroxylation is 1. The topological polar surface area (TPSA) is 64.3 Å². The van der Waals surface area contributed by atoms with E-state index in [2.05, 4.69) is 17.9 Å². The molecule has 1 atom stereocenters. The van der Waals surface area contributed by atoms with Crippen LogP contribution in [0.25, 0.3) is 0 Å². The maximum atomic E-state index is 12.5. The van der Waals surface area contributed by atoms with Crippen molar-refractivity contribution in [2.45, 2.75) is 20.8 Å². The Balaban J connectivity index is 3.05. The van der Waals surface area contributed by atoms with E-state index in [9.17, 15) is 4.79 Å². The number of nitriles is 1. The van der Waals surface area contributed by atoms with Crippen molar-refractivity contribution >= 4 is 5.91 Å². The Bertz CT molecular complexity index is 605. The molecule has 1 amide bonds. The van der Waals surface area contributed by atoms with Crippen LogP contribution in [0.3, 0.4) is 0 Å². The van der Waals surface area contributed by atoms with Gasteiger partial charge in [-0.1, -0.05) is 11.8 Å².